The highest BCUT2D eigenvalue weighted by Gasteiger charge is 2.17. The number of nitrogens with one attached hydrogen (secondary N) is 1. The monoisotopic (exact) mass is 872 g/mol. The van der Waals surface area contributed by atoms with Gasteiger partial charge >= 0.3 is 41.8 Å². The molecule has 0 aliphatic rings. The quantitative estimate of drug-likeness (QED) is 0.0634. The number of aliphatic hydroxyl groups is 2. The van der Waals surface area contributed by atoms with Gasteiger partial charge in [0, 0.05) is 24.7 Å². The Bertz CT molecular complexity index is 1720. The van der Waals surface area contributed by atoms with E-state index in [1.807, 2.05) is 30.3 Å². The number of hydrogen-bond donors (Lipinski definition) is 17. The Labute approximate surface area is 348 Å². The SMILES string of the molecule is CC(O)C(N)C(=O)O.NC(CCC(=O)O)C(=O)O.NC(CO)C(=O)O.NC(Cc1ccc(O)cc1)C(=O)O.NC(Cc1ccccc1)C(=O)O.NC(Cc1cnc[nH]1)C(=O)O. The highest BCUT2D eigenvalue weighted by atomic mass is 16.4. The zero-order valence-corrected chi connectivity index (χ0v) is 32.9. The number of aromatic amines is 1. The number of aromatic hydroxyl groups is 1. The van der Waals surface area contributed by atoms with E-state index in [1.165, 1.54) is 25.4 Å². The van der Waals surface area contributed by atoms with E-state index >= 15 is 0 Å². The molecule has 0 radical (unpaired) electrons. The molecule has 0 spiro atoms. The highest BCUT2D eigenvalue weighted by Crippen LogP contribution is 2.10. The predicted molar refractivity (Wildman–Crippen MR) is 214 cm³/mol. The van der Waals surface area contributed by atoms with Crippen molar-refractivity contribution in [2.45, 2.75) is 81.4 Å². The van der Waals surface area contributed by atoms with Crippen molar-refractivity contribution < 1.29 is 84.6 Å². The lowest BCUT2D eigenvalue weighted by Gasteiger charge is -2.06. The fraction of sp³-hybridized carbons (Fsp3) is 0.389. The van der Waals surface area contributed by atoms with Gasteiger partial charge in [0.25, 0.3) is 0 Å². The number of aliphatic carboxylic acids is 7. The summed E-state index contributed by atoms with van der Waals surface area (Å²) < 4.78 is 0. The first kappa shape index (κ1) is 58.7. The Morgan fingerprint density at radius 3 is 1.30 bits per heavy atom. The third-order valence-corrected chi connectivity index (χ3v) is 6.94. The van der Waals surface area contributed by atoms with Gasteiger partial charge < -0.3 is 90.5 Å². The van der Waals surface area contributed by atoms with E-state index < -0.39 is 90.7 Å². The molecule has 0 saturated heterocycles. The van der Waals surface area contributed by atoms with Gasteiger partial charge in [0.05, 0.1) is 19.0 Å². The molecule has 0 bridgehead atoms. The lowest BCUT2D eigenvalue weighted by atomic mass is 10.1. The number of aromatic nitrogens is 2. The molecule has 25 heteroatoms. The van der Waals surface area contributed by atoms with Gasteiger partial charge in [-0.3, -0.25) is 33.6 Å². The topological polar surface area (TPSA) is 507 Å². The standard InChI is InChI=1S/C9H11NO3.C9H11NO2.C6H9N3O2.C5H9NO4.C4H9NO3.C3H7NO3/c10-8(9(12)13)5-6-1-3-7(11)4-2-6;10-8(9(11)12)6-7-4-2-1-3-5-7;7-5(6(10)11)1-4-2-8-3-9-4;6-3(5(9)10)1-2-4(7)8;1-2(6)3(5)4(7)8;4-2(1-5)3(6)7/h1-4,8,11H,5,10H2,(H,12,13);1-5,8H,6,10H2,(H,11,12);2-3,5H,1,7H2,(H,8,9)(H,10,11);3H,1-2,6H2,(H,7,8)(H,9,10);2-3,6H,5H2,1H3,(H,7,8);2,5H,1,4H2,(H,6,7). The summed E-state index contributed by atoms with van der Waals surface area (Å²) in [7, 11) is 0. The number of phenols is 1. The van der Waals surface area contributed by atoms with E-state index in [0.717, 1.165) is 16.8 Å². The van der Waals surface area contributed by atoms with Crippen molar-refractivity contribution in [2.75, 3.05) is 6.61 Å². The molecule has 3 rings (SSSR count). The number of aliphatic hydroxyl groups excluding tert-OH is 2. The summed E-state index contributed by atoms with van der Waals surface area (Å²) in [5.74, 6) is -7.38. The summed E-state index contributed by atoms with van der Waals surface area (Å²) in [6, 6.07) is 9.78. The zero-order chi connectivity index (χ0) is 47.8. The Hall–Kier alpha value is -6.58. The average Bonchev–Trinajstić information content (AvgIpc) is 3.71. The smallest absolute Gasteiger partial charge is 0.323 e. The molecule has 61 heavy (non-hydrogen) atoms. The molecule has 3 aromatic rings. The molecule has 1 heterocycles. The number of H-pyrrole nitrogens is 1. The molecule has 25 nitrogen and oxygen atoms in total. The molecule has 0 aliphatic heterocycles. The number of rotatable bonds is 17. The van der Waals surface area contributed by atoms with Gasteiger partial charge in [-0.2, -0.15) is 0 Å². The van der Waals surface area contributed by atoms with Crippen LogP contribution in [0.1, 0.15) is 36.6 Å². The highest BCUT2D eigenvalue weighted by molar-refractivity contribution is 5.75. The minimum Gasteiger partial charge on any atom is -0.508 e. The van der Waals surface area contributed by atoms with Crippen LogP contribution < -0.4 is 34.4 Å². The van der Waals surface area contributed by atoms with E-state index in [2.05, 4.69) is 9.97 Å². The lowest BCUT2D eigenvalue weighted by Crippen LogP contribution is -2.39. The Kier molecular flexibility index (Phi) is 32.0. The zero-order valence-electron chi connectivity index (χ0n) is 32.9. The van der Waals surface area contributed by atoms with Crippen LogP contribution >= 0.6 is 0 Å². The second kappa shape index (κ2) is 33.3. The number of carboxylic acid groups (broad SMARTS) is 7. The number of benzene rings is 2. The van der Waals surface area contributed by atoms with Crippen LogP contribution in [0, 0.1) is 0 Å². The van der Waals surface area contributed by atoms with E-state index in [4.69, 9.17) is 85.5 Å². The summed E-state index contributed by atoms with van der Waals surface area (Å²) in [5, 5.41) is 83.1. The Morgan fingerprint density at radius 1 is 0.590 bits per heavy atom. The van der Waals surface area contributed by atoms with Crippen LogP contribution in [0.25, 0.3) is 0 Å². The molecule has 0 saturated carbocycles. The number of carboxylic acids is 7. The van der Waals surface area contributed by atoms with Crippen molar-refractivity contribution in [1.29, 1.82) is 0 Å². The van der Waals surface area contributed by atoms with Gasteiger partial charge in [0.1, 0.15) is 42.0 Å². The molecule has 7 atom stereocenters. The van der Waals surface area contributed by atoms with Gasteiger partial charge in [0.15, 0.2) is 0 Å². The van der Waals surface area contributed by atoms with Crippen molar-refractivity contribution in [1.82, 2.24) is 9.97 Å². The summed E-state index contributed by atoms with van der Waals surface area (Å²) in [5.41, 5.74) is 33.1. The first-order chi connectivity index (χ1) is 28.3. The first-order valence-electron chi connectivity index (χ1n) is 17.5. The Morgan fingerprint density at radius 2 is 1.00 bits per heavy atom. The largest absolute Gasteiger partial charge is 0.508 e. The molecule has 2 aromatic carbocycles. The molecule has 342 valence electrons. The van der Waals surface area contributed by atoms with Crippen LogP contribution in [0.15, 0.2) is 67.1 Å². The van der Waals surface area contributed by atoms with Crippen molar-refractivity contribution in [2.24, 2.45) is 34.4 Å². The molecule has 0 amide bonds. The molecular formula is C36H56N8O17. The molecule has 7 unspecified atom stereocenters. The van der Waals surface area contributed by atoms with Crippen LogP contribution in [-0.4, -0.2) is 152 Å². The summed E-state index contributed by atoms with van der Waals surface area (Å²) in [6.07, 6.45) is 2.79. The number of carbonyl (C=O) groups is 7. The molecule has 0 aliphatic carbocycles. The van der Waals surface area contributed by atoms with E-state index in [0.29, 0.717) is 6.42 Å². The second-order valence-electron chi connectivity index (χ2n) is 12.3. The van der Waals surface area contributed by atoms with E-state index in [9.17, 15) is 33.6 Å². The van der Waals surface area contributed by atoms with Crippen LogP contribution in [0.2, 0.25) is 0 Å². The fourth-order valence-electron chi connectivity index (χ4n) is 3.34. The minimum absolute atomic E-state index is 0.0231. The maximum absolute atomic E-state index is 10.4. The third-order valence-electron chi connectivity index (χ3n) is 6.94. The molecule has 1 aromatic heterocycles. The maximum Gasteiger partial charge on any atom is 0.323 e. The number of phenolic OH excluding ortho intramolecular Hbond substituents is 1. The number of hydrogen-bond acceptors (Lipinski definition) is 17. The molecule has 23 N–H and O–H groups in total. The van der Waals surface area contributed by atoms with Crippen LogP contribution in [0.4, 0.5) is 0 Å². The third kappa shape index (κ3) is 33.0. The van der Waals surface area contributed by atoms with Gasteiger partial charge in [-0.1, -0.05) is 42.5 Å². The summed E-state index contributed by atoms with van der Waals surface area (Å²) in [6.45, 7) is 0.827. The second-order valence-corrected chi connectivity index (χ2v) is 12.3. The lowest BCUT2D eigenvalue weighted by molar-refractivity contribution is -0.141. The summed E-state index contributed by atoms with van der Waals surface area (Å²) in [4.78, 5) is 76.9. The first-order valence-corrected chi connectivity index (χ1v) is 17.5. The van der Waals surface area contributed by atoms with Crippen molar-refractivity contribution in [3.8, 4) is 5.75 Å². The normalized spacial score (nSPS) is 13.3. The predicted octanol–water partition coefficient (Wildman–Crippen LogP) is -3.22. The summed E-state index contributed by atoms with van der Waals surface area (Å²) >= 11 is 0. The van der Waals surface area contributed by atoms with Crippen molar-refractivity contribution in [3.05, 3.63) is 83.9 Å². The van der Waals surface area contributed by atoms with Crippen LogP contribution in [0.3, 0.4) is 0 Å². The van der Waals surface area contributed by atoms with Gasteiger partial charge in [-0.05, 0) is 49.4 Å². The minimum atomic E-state index is -1.18. The van der Waals surface area contributed by atoms with Crippen LogP contribution in [0.5, 0.6) is 5.75 Å². The molecule has 0 fully saturated rings. The fourth-order valence-corrected chi connectivity index (χ4v) is 3.34. The van der Waals surface area contributed by atoms with Crippen LogP contribution in [-0.2, 0) is 52.8 Å². The number of nitrogens with zero attached hydrogens (tertiary/aromatic N) is 1. The van der Waals surface area contributed by atoms with Gasteiger partial charge in [-0.15, -0.1) is 0 Å². The Balaban J connectivity index is -0.000000670. The number of nitrogens with two attached hydrogens (primary N) is 6. The van der Waals surface area contributed by atoms with Gasteiger partial charge in [0.2, 0.25) is 0 Å². The number of imidazole rings is 1. The maximum atomic E-state index is 10.4. The van der Waals surface area contributed by atoms with E-state index in [1.54, 1.807) is 18.3 Å². The molecular weight excluding hydrogens is 816 g/mol. The van der Waals surface area contributed by atoms with E-state index in [-0.39, 0.29) is 31.4 Å². The van der Waals surface area contributed by atoms with Crippen molar-refractivity contribution >= 4 is 41.8 Å². The average molecular weight is 873 g/mol. The van der Waals surface area contributed by atoms with Gasteiger partial charge in [-0.25, -0.2) is 4.98 Å². The van der Waals surface area contributed by atoms with Crippen molar-refractivity contribution in [3.63, 3.8) is 0 Å².